The molecular formula is C11H16BrNO2S. The summed E-state index contributed by atoms with van der Waals surface area (Å²) in [4.78, 5) is 14.0. The molecule has 1 rings (SSSR count). The molecule has 90 valence electrons. The zero-order chi connectivity index (χ0) is 12.1. The molecule has 1 N–H and O–H groups in total. The lowest BCUT2D eigenvalue weighted by Gasteiger charge is -2.19. The molecule has 3 nitrogen and oxygen atoms in total. The summed E-state index contributed by atoms with van der Waals surface area (Å²) >= 11 is 5.14. The SMILES string of the molecule is CC(CC(=O)O)CN(C)Cc1ccc(Br)s1. The van der Waals surface area contributed by atoms with Gasteiger partial charge in [0.05, 0.1) is 3.79 Å². The minimum absolute atomic E-state index is 0.186. The molecule has 0 fully saturated rings. The van der Waals surface area contributed by atoms with Crippen LogP contribution in [0.15, 0.2) is 15.9 Å². The number of carboxylic acid groups (broad SMARTS) is 1. The van der Waals surface area contributed by atoms with Crippen molar-refractivity contribution in [3.63, 3.8) is 0 Å². The van der Waals surface area contributed by atoms with Crippen molar-refractivity contribution in [3.05, 3.63) is 20.8 Å². The van der Waals surface area contributed by atoms with Crippen LogP contribution in [-0.2, 0) is 11.3 Å². The normalized spacial score (nSPS) is 13.0. The molecule has 1 atom stereocenters. The van der Waals surface area contributed by atoms with Gasteiger partial charge in [-0.3, -0.25) is 4.79 Å². The number of carbonyl (C=O) groups is 1. The molecule has 1 unspecified atom stereocenters. The minimum Gasteiger partial charge on any atom is -0.481 e. The van der Waals surface area contributed by atoms with Crippen molar-refractivity contribution in [2.75, 3.05) is 13.6 Å². The maximum atomic E-state index is 10.5. The number of aliphatic carboxylic acids is 1. The average Bonchev–Trinajstić information content (AvgIpc) is 2.48. The second-order valence-corrected chi connectivity index (χ2v) is 6.65. The van der Waals surface area contributed by atoms with Crippen LogP contribution < -0.4 is 0 Å². The molecular weight excluding hydrogens is 290 g/mol. The molecule has 0 radical (unpaired) electrons. The molecule has 0 spiro atoms. The molecule has 0 aliphatic rings. The predicted molar refractivity (Wildman–Crippen MR) is 69.8 cm³/mol. The number of carboxylic acids is 1. The van der Waals surface area contributed by atoms with Gasteiger partial charge in [-0.25, -0.2) is 0 Å². The predicted octanol–water partition coefficient (Wildman–Crippen LogP) is 3.05. The molecule has 0 aliphatic heterocycles. The van der Waals surface area contributed by atoms with E-state index >= 15 is 0 Å². The van der Waals surface area contributed by atoms with Crippen LogP contribution in [0.5, 0.6) is 0 Å². The quantitative estimate of drug-likeness (QED) is 0.878. The van der Waals surface area contributed by atoms with Gasteiger partial charge >= 0.3 is 5.97 Å². The third-order valence-electron chi connectivity index (χ3n) is 2.20. The lowest BCUT2D eigenvalue weighted by molar-refractivity contribution is -0.138. The van der Waals surface area contributed by atoms with Crippen LogP contribution in [0.2, 0.25) is 0 Å². The monoisotopic (exact) mass is 305 g/mol. The fourth-order valence-corrected chi connectivity index (χ4v) is 3.23. The Balaban J connectivity index is 2.35. The summed E-state index contributed by atoms with van der Waals surface area (Å²) in [5.41, 5.74) is 0. The van der Waals surface area contributed by atoms with Crippen LogP contribution in [-0.4, -0.2) is 29.6 Å². The summed E-state index contributed by atoms with van der Waals surface area (Å²) in [5.74, 6) is -0.536. The molecule has 1 heterocycles. The Morgan fingerprint density at radius 2 is 2.31 bits per heavy atom. The Bertz CT molecular complexity index is 354. The molecule has 5 heteroatoms. The highest BCUT2D eigenvalue weighted by Crippen LogP contribution is 2.23. The second kappa shape index (κ2) is 6.37. The average molecular weight is 306 g/mol. The van der Waals surface area contributed by atoms with Gasteiger partial charge in [-0.15, -0.1) is 11.3 Å². The van der Waals surface area contributed by atoms with E-state index in [1.807, 2.05) is 20.0 Å². The van der Waals surface area contributed by atoms with E-state index in [0.717, 1.165) is 16.9 Å². The maximum absolute atomic E-state index is 10.5. The van der Waals surface area contributed by atoms with E-state index in [1.165, 1.54) is 4.88 Å². The summed E-state index contributed by atoms with van der Waals surface area (Å²) in [6.07, 6.45) is 0.235. The number of hydrogen-bond acceptors (Lipinski definition) is 3. The second-order valence-electron chi connectivity index (χ2n) is 4.11. The van der Waals surface area contributed by atoms with Gasteiger partial charge in [0.1, 0.15) is 0 Å². The Morgan fingerprint density at radius 3 is 2.81 bits per heavy atom. The van der Waals surface area contributed by atoms with Crippen molar-refractivity contribution in [1.82, 2.24) is 4.90 Å². The van der Waals surface area contributed by atoms with E-state index in [4.69, 9.17) is 5.11 Å². The van der Waals surface area contributed by atoms with Gasteiger partial charge in [-0.1, -0.05) is 6.92 Å². The first-order chi connectivity index (χ1) is 7.47. The van der Waals surface area contributed by atoms with Crippen molar-refractivity contribution in [3.8, 4) is 0 Å². The van der Waals surface area contributed by atoms with E-state index in [9.17, 15) is 4.79 Å². The van der Waals surface area contributed by atoms with E-state index < -0.39 is 5.97 Å². The summed E-state index contributed by atoms with van der Waals surface area (Å²) < 4.78 is 1.13. The van der Waals surface area contributed by atoms with Crippen LogP contribution in [0.3, 0.4) is 0 Å². The van der Waals surface area contributed by atoms with Crippen molar-refractivity contribution in [2.45, 2.75) is 19.9 Å². The Morgan fingerprint density at radius 1 is 1.62 bits per heavy atom. The van der Waals surface area contributed by atoms with Gasteiger partial charge in [0.15, 0.2) is 0 Å². The lowest BCUT2D eigenvalue weighted by atomic mass is 10.1. The molecule has 0 saturated heterocycles. The Hall–Kier alpha value is -0.390. The first-order valence-corrected chi connectivity index (χ1v) is 6.73. The zero-order valence-corrected chi connectivity index (χ0v) is 11.8. The summed E-state index contributed by atoms with van der Waals surface area (Å²) in [5, 5.41) is 8.67. The fourth-order valence-electron chi connectivity index (χ4n) is 1.66. The Kier molecular flexibility index (Phi) is 5.44. The van der Waals surface area contributed by atoms with Gasteiger partial charge in [-0.2, -0.15) is 0 Å². The largest absolute Gasteiger partial charge is 0.481 e. The number of hydrogen-bond donors (Lipinski definition) is 1. The highest BCUT2D eigenvalue weighted by molar-refractivity contribution is 9.11. The fraction of sp³-hybridized carbons (Fsp3) is 0.545. The molecule has 16 heavy (non-hydrogen) atoms. The summed E-state index contributed by atoms with van der Waals surface area (Å²) in [6.45, 7) is 3.65. The van der Waals surface area contributed by atoms with Crippen LogP contribution in [0.4, 0.5) is 0 Å². The highest BCUT2D eigenvalue weighted by Gasteiger charge is 2.11. The summed E-state index contributed by atoms with van der Waals surface area (Å²) in [7, 11) is 2.02. The first kappa shape index (κ1) is 13.7. The van der Waals surface area contributed by atoms with Crippen LogP contribution >= 0.6 is 27.3 Å². The highest BCUT2D eigenvalue weighted by atomic mass is 79.9. The first-order valence-electron chi connectivity index (χ1n) is 5.12. The molecule has 0 saturated carbocycles. The molecule has 1 aromatic heterocycles. The number of halogens is 1. The van der Waals surface area contributed by atoms with E-state index in [2.05, 4.69) is 26.9 Å². The number of thiophene rings is 1. The third-order valence-corrected chi connectivity index (χ3v) is 3.81. The van der Waals surface area contributed by atoms with Gasteiger partial charge in [0, 0.05) is 24.4 Å². The van der Waals surface area contributed by atoms with Crippen molar-refractivity contribution >= 4 is 33.2 Å². The van der Waals surface area contributed by atoms with Crippen molar-refractivity contribution in [2.24, 2.45) is 5.92 Å². The van der Waals surface area contributed by atoms with E-state index in [0.29, 0.717) is 0 Å². The third kappa shape index (κ3) is 5.09. The van der Waals surface area contributed by atoms with Crippen molar-refractivity contribution in [1.29, 1.82) is 0 Å². The zero-order valence-electron chi connectivity index (χ0n) is 9.44. The standard InChI is InChI=1S/C11H16BrNO2S/c1-8(5-11(14)15)6-13(2)7-9-3-4-10(12)16-9/h3-4,8H,5-7H2,1-2H3,(H,14,15). The minimum atomic E-state index is -0.722. The van der Waals surface area contributed by atoms with Crippen LogP contribution in [0.1, 0.15) is 18.2 Å². The molecule has 0 aromatic carbocycles. The maximum Gasteiger partial charge on any atom is 0.303 e. The van der Waals surface area contributed by atoms with Gasteiger partial charge in [-0.05, 0) is 41.0 Å². The van der Waals surface area contributed by atoms with Crippen LogP contribution in [0.25, 0.3) is 0 Å². The van der Waals surface area contributed by atoms with Gasteiger partial charge in [0.25, 0.3) is 0 Å². The summed E-state index contributed by atoms with van der Waals surface area (Å²) in [6, 6.07) is 4.13. The van der Waals surface area contributed by atoms with Crippen molar-refractivity contribution < 1.29 is 9.90 Å². The van der Waals surface area contributed by atoms with E-state index in [-0.39, 0.29) is 12.3 Å². The molecule has 1 aromatic rings. The molecule has 0 aliphatic carbocycles. The lowest BCUT2D eigenvalue weighted by Crippen LogP contribution is -2.25. The van der Waals surface area contributed by atoms with E-state index in [1.54, 1.807) is 11.3 Å². The smallest absolute Gasteiger partial charge is 0.303 e. The number of rotatable bonds is 6. The Labute approximate surface area is 108 Å². The topological polar surface area (TPSA) is 40.5 Å². The van der Waals surface area contributed by atoms with Gasteiger partial charge < -0.3 is 10.0 Å². The van der Waals surface area contributed by atoms with Crippen LogP contribution in [0, 0.1) is 5.92 Å². The van der Waals surface area contributed by atoms with Gasteiger partial charge in [0.2, 0.25) is 0 Å². The number of nitrogens with zero attached hydrogens (tertiary/aromatic N) is 1. The molecule has 0 bridgehead atoms. The molecule has 0 amide bonds.